The van der Waals surface area contributed by atoms with Gasteiger partial charge in [-0.1, -0.05) is 13.8 Å². The van der Waals surface area contributed by atoms with Crippen LogP contribution in [0.3, 0.4) is 0 Å². The lowest BCUT2D eigenvalue weighted by molar-refractivity contribution is 0.0915. The van der Waals surface area contributed by atoms with Crippen molar-refractivity contribution in [2.45, 2.75) is 27.7 Å². The van der Waals surface area contributed by atoms with Crippen LogP contribution >= 0.6 is 0 Å². The summed E-state index contributed by atoms with van der Waals surface area (Å²) in [7, 11) is 4.13. The maximum atomic E-state index is 12.4. The number of Topliss-reactive ketones (excluding diaryl/α,β-unsaturated/α-hetero) is 1. The zero-order valence-corrected chi connectivity index (χ0v) is 13.8. The number of nitrogens with one attached hydrogen (secondary N) is 1. The number of aromatic amines is 1. The molecule has 114 valence electrons. The van der Waals surface area contributed by atoms with E-state index in [2.05, 4.69) is 42.7 Å². The van der Waals surface area contributed by atoms with Gasteiger partial charge in [0.2, 0.25) is 0 Å². The summed E-state index contributed by atoms with van der Waals surface area (Å²) in [6.45, 7) is 11.7. The molecule has 1 heterocycles. The number of likely N-dealkylation sites (N-methyl/N-ethyl adjacent to an activating group) is 1. The van der Waals surface area contributed by atoms with Crippen molar-refractivity contribution in [3.05, 3.63) is 23.0 Å². The molecule has 4 heteroatoms. The minimum Gasteiger partial charge on any atom is -0.362 e. The van der Waals surface area contributed by atoms with Gasteiger partial charge in [0.1, 0.15) is 0 Å². The number of hydrogen-bond donors (Lipinski definition) is 1. The van der Waals surface area contributed by atoms with Crippen molar-refractivity contribution in [1.82, 2.24) is 14.8 Å². The Kier molecular flexibility index (Phi) is 6.43. The van der Waals surface area contributed by atoms with Crippen molar-refractivity contribution in [2.75, 3.05) is 40.3 Å². The van der Waals surface area contributed by atoms with E-state index in [1.807, 2.05) is 19.9 Å². The van der Waals surface area contributed by atoms with Gasteiger partial charge in [0.25, 0.3) is 0 Å². The molecule has 1 N–H and O–H groups in total. The SMILES string of the molecule is Cc1cc(C(=O)CN(CCN(C)C)CC(C)C)c(C)[nH]1. The Morgan fingerprint density at radius 1 is 1.25 bits per heavy atom. The predicted molar refractivity (Wildman–Crippen MR) is 84.4 cm³/mol. The van der Waals surface area contributed by atoms with Crippen molar-refractivity contribution in [3.63, 3.8) is 0 Å². The summed E-state index contributed by atoms with van der Waals surface area (Å²) >= 11 is 0. The van der Waals surface area contributed by atoms with Gasteiger partial charge in [0.15, 0.2) is 5.78 Å². The highest BCUT2D eigenvalue weighted by Gasteiger charge is 2.16. The predicted octanol–water partition coefficient (Wildman–Crippen LogP) is 2.33. The van der Waals surface area contributed by atoms with Crippen LogP contribution in [0.1, 0.15) is 35.6 Å². The average Bonchev–Trinajstić information content (AvgIpc) is 2.64. The highest BCUT2D eigenvalue weighted by atomic mass is 16.1. The Morgan fingerprint density at radius 2 is 1.90 bits per heavy atom. The molecule has 0 saturated heterocycles. The summed E-state index contributed by atoms with van der Waals surface area (Å²) in [5.41, 5.74) is 2.86. The zero-order valence-electron chi connectivity index (χ0n) is 13.8. The second kappa shape index (κ2) is 7.60. The van der Waals surface area contributed by atoms with E-state index >= 15 is 0 Å². The highest BCUT2D eigenvalue weighted by molar-refractivity contribution is 5.98. The van der Waals surface area contributed by atoms with E-state index in [1.54, 1.807) is 0 Å². The molecular weight excluding hydrogens is 250 g/mol. The maximum Gasteiger partial charge on any atom is 0.178 e. The first-order chi connectivity index (χ1) is 9.29. The van der Waals surface area contributed by atoms with E-state index in [0.717, 1.165) is 36.6 Å². The first-order valence-corrected chi connectivity index (χ1v) is 7.36. The summed E-state index contributed by atoms with van der Waals surface area (Å²) in [5, 5.41) is 0. The average molecular weight is 279 g/mol. The van der Waals surface area contributed by atoms with Crippen molar-refractivity contribution in [3.8, 4) is 0 Å². The van der Waals surface area contributed by atoms with Gasteiger partial charge < -0.3 is 9.88 Å². The molecule has 0 spiro atoms. The third-order valence-electron chi connectivity index (χ3n) is 3.30. The van der Waals surface area contributed by atoms with Crippen LogP contribution in [0.5, 0.6) is 0 Å². The van der Waals surface area contributed by atoms with Crippen LogP contribution in [0.15, 0.2) is 6.07 Å². The number of carbonyl (C=O) groups is 1. The summed E-state index contributed by atoms with van der Waals surface area (Å²) in [6.07, 6.45) is 0. The third-order valence-corrected chi connectivity index (χ3v) is 3.30. The molecule has 0 amide bonds. The summed E-state index contributed by atoms with van der Waals surface area (Å²) < 4.78 is 0. The lowest BCUT2D eigenvalue weighted by atomic mass is 10.1. The van der Waals surface area contributed by atoms with Crippen LogP contribution in [-0.4, -0.2) is 60.8 Å². The number of nitrogens with zero attached hydrogens (tertiary/aromatic N) is 2. The fourth-order valence-electron chi connectivity index (χ4n) is 2.39. The fourth-order valence-corrected chi connectivity index (χ4v) is 2.39. The Bertz CT molecular complexity index is 435. The van der Waals surface area contributed by atoms with Crippen LogP contribution in [0.25, 0.3) is 0 Å². The van der Waals surface area contributed by atoms with E-state index in [-0.39, 0.29) is 5.78 Å². The minimum atomic E-state index is 0.214. The summed E-state index contributed by atoms with van der Waals surface area (Å²) in [4.78, 5) is 20.1. The van der Waals surface area contributed by atoms with Gasteiger partial charge in [0.05, 0.1) is 6.54 Å². The normalized spacial score (nSPS) is 11.8. The van der Waals surface area contributed by atoms with Gasteiger partial charge in [-0.05, 0) is 39.9 Å². The van der Waals surface area contributed by atoms with E-state index in [9.17, 15) is 4.79 Å². The van der Waals surface area contributed by atoms with Crippen molar-refractivity contribution >= 4 is 5.78 Å². The third kappa shape index (κ3) is 5.47. The Morgan fingerprint density at radius 3 is 2.35 bits per heavy atom. The number of carbonyl (C=O) groups excluding carboxylic acids is 1. The van der Waals surface area contributed by atoms with Gasteiger partial charge in [-0.3, -0.25) is 9.69 Å². The van der Waals surface area contributed by atoms with Gasteiger partial charge in [-0.2, -0.15) is 0 Å². The molecule has 0 aliphatic heterocycles. The number of H-pyrrole nitrogens is 1. The van der Waals surface area contributed by atoms with Gasteiger partial charge in [-0.15, -0.1) is 0 Å². The zero-order chi connectivity index (χ0) is 15.3. The van der Waals surface area contributed by atoms with E-state index in [4.69, 9.17) is 0 Å². The number of rotatable bonds is 8. The molecule has 0 fully saturated rings. The molecular formula is C16H29N3O. The Labute approximate surface area is 123 Å². The number of hydrogen-bond acceptors (Lipinski definition) is 3. The maximum absolute atomic E-state index is 12.4. The van der Waals surface area contributed by atoms with Crippen LogP contribution in [-0.2, 0) is 0 Å². The van der Waals surface area contributed by atoms with E-state index < -0.39 is 0 Å². The van der Waals surface area contributed by atoms with Crippen LogP contribution in [0.4, 0.5) is 0 Å². The van der Waals surface area contributed by atoms with Crippen LogP contribution in [0.2, 0.25) is 0 Å². The monoisotopic (exact) mass is 279 g/mol. The first kappa shape index (κ1) is 16.9. The van der Waals surface area contributed by atoms with E-state index in [1.165, 1.54) is 0 Å². The second-order valence-electron chi connectivity index (χ2n) is 6.35. The van der Waals surface area contributed by atoms with Gasteiger partial charge in [0, 0.05) is 36.6 Å². The van der Waals surface area contributed by atoms with E-state index in [0.29, 0.717) is 12.5 Å². The van der Waals surface area contributed by atoms with Crippen molar-refractivity contribution in [1.29, 1.82) is 0 Å². The lowest BCUT2D eigenvalue weighted by Gasteiger charge is -2.25. The number of aromatic nitrogens is 1. The Hall–Kier alpha value is -1.13. The summed E-state index contributed by atoms with van der Waals surface area (Å²) in [6, 6.07) is 1.96. The molecule has 4 nitrogen and oxygen atoms in total. The fraction of sp³-hybridized carbons (Fsp3) is 0.688. The molecule has 0 unspecified atom stereocenters. The van der Waals surface area contributed by atoms with Gasteiger partial charge in [-0.25, -0.2) is 0 Å². The molecule has 0 bridgehead atoms. The molecule has 1 rings (SSSR count). The molecule has 0 atom stereocenters. The molecule has 1 aromatic rings. The minimum absolute atomic E-state index is 0.214. The number of aryl methyl sites for hydroxylation is 2. The summed E-state index contributed by atoms with van der Waals surface area (Å²) in [5.74, 6) is 0.783. The molecule has 0 aromatic carbocycles. The molecule has 20 heavy (non-hydrogen) atoms. The molecule has 0 aliphatic rings. The molecule has 0 radical (unpaired) electrons. The number of ketones is 1. The Balaban J connectivity index is 2.68. The molecule has 0 saturated carbocycles. The lowest BCUT2D eigenvalue weighted by Crippen LogP contribution is -2.38. The van der Waals surface area contributed by atoms with Crippen molar-refractivity contribution < 1.29 is 4.79 Å². The highest BCUT2D eigenvalue weighted by Crippen LogP contribution is 2.11. The van der Waals surface area contributed by atoms with Crippen LogP contribution in [0, 0.1) is 19.8 Å². The quantitative estimate of drug-likeness (QED) is 0.742. The standard InChI is InChI=1S/C16H29N3O/c1-12(2)10-19(8-7-18(5)6)11-16(20)15-9-13(3)17-14(15)4/h9,12,17H,7-8,10-11H2,1-6H3. The topological polar surface area (TPSA) is 39.3 Å². The second-order valence-corrected chi connectivity index (χ2v) is 6.35. The molecule has 1 aromatic heterocycles. The van der Waals surface area contributed by atoms with Crippen molar-refractivity contribution in [2.24, 2.45) is 5.92 Å². The first-order valence-electron chi connectivity index (χ1n) is 7.36. The smallest absolute Gasteiger partial charge is 0.178 e. The van der Waals surface area contributed by atoms with Gasteiger partial charge >= 0.3 is 0 Å². The van der Waals surface area contributed by atoms with Crippen LogP contribution < -0.4 is 0 Å². The largest absolute Gasteiger partial charge is 0.362 e. The molecule has 0 aliphatic carbocycles.